The quantitative estimate of drug-likeness (QED) is 0.227. The van der Waals surface area contributed by atoms with E-state index in [2.05, 4.69) is 0 Å². The van der Waals surface area contributed by atoms with Crippen molar-refractivity contribution in [3.05, 3.63) is 29.3 Å². The molecule has 0 aliphatic carbocycles. The molecule has 1 heterocycles. The lowest BCUT2D eigenvalue weighted by atomic mass is 9.98. The predicted octanol–water partition coefficient (Wildman–Crippen LogP) is -0.376. The molecule has 1 aromatic carbocycles. The number of ether oxygens (including phenoxy) is 6. The van der Waals surface area contributed by atoms with Crippen molar-refractivity contribution in [2.45, 2.75) is 71.3 Å². The van der Waals surface area contributed by atoms with Crippen LogP contribution in [0, 0.1) is 0 Å². The highest BCUT2D eigenvalue weighted by Gasteiger charge is 2.53. The van der Waals surface area contributed by atoms with Gasteiger partial charge in [0.25, 0.3) is 0 Å². The van der Waals surface area contributed by atoms with Gasteiger partial charge in [0.1, 0.15) is 18.5 Å². The molecule has 194 valence electrons. The van der Waals surface area contributed by atoms with Gasteiger partial charge in [0, 0.05) is 33.3 Å². The van der Waals surface area contributed by atoms with Crippen LogP contribution >= 0.6 is 0 Å². The molecule has 0 aromatic heterocycles. The van der Waals surface area contributed by atoms with Crippen molar-refractivity contribution >= 4 is 23.9 Å². The Morgan fingerprint density at radius 2 is 1.46 bits per heavy atom. The van der Waals surface area contributed by atoms with Gasteiger partial charge < -0.3 is 43.7 Å². The Hall–Kier alpha value is -3.26. The summed E-state index contributed by atoms with van der Waals surface area (Å²) < 4.78 is 32.5. The topological polar surface area (TPSA) is 184 Å². The average molecular weight is 500 g/mol. The van der Waals surface area contributed by atoms with E-state index in [-0.39, 0.29) is 17.9 Å². The number of aliphatic hydroxyl groups excluding tert-OH is 2. The normalized spacial score (nSPS) is 23.8. The minimum absolute atomic E-state index is 0.127. The van der Waals surface area contributed by atoms with Crippen molar-refractivity contribution in [1.82, 2.24) is 0 Å². The number of aliphatic hydroxyl groups is 3. The number of benzene rings is 1. The molecule has 0 spiro atoms. The van der Waals surface area contributed by atoms with E-state index < -0.39 is 67.5 Å². The van der Waals surface area contributed by atoms with E-state index in [0.29, 0.717) is 5.56 Å². The van der Waals surface area contributed by atoms with Gasteiger partial charge in [0.05, 0.1) is 6.61 Å². The van der Waals surface area contributed by atoms with Crippen LogP contribution in [0.25, 0.3) is 0 Å². The molecule has 0 radical (unpaired) electrons. The molecule has 0 amide bonds. The van der Waals surface area contributed by atoms with Gasteiger partial charge in [-0.05, 0) is 17.7 Å². The van der Waals surface area contributed by atoms with Gasteiger partial charge in [-0.15, -0.1) is 0 Å². The highest BCUT2D eigenvalue weighted by molar-refractivity contribution is 5.68. The standard InChI is InChI=1S/C22H28O13/c1-10(24)30-9-17-18(31-11(2)25)19(32-12(3)26)20(33-13(4)27)22(35-17)34-16-6-5-14(8-23)7-15(16)21(28)29/h5-7,17-23,28-29H,8-9H2,1-4H3/t17-,18?,19+,20-,22-/m1/s1. The number of hydrogen-bond acceptors (Lipinski definition) is 13. The van der Waals surface area contributed by atoms with E-state index in [1.54, 1.807) is 0 Å². The highest BCUT2D eigenvalue weighted by atomic mass is 16.7. The van der Waals surface area contributed by atoms with Gasteiger partial charge >= 0.3 is 23.9 Å². The van der Waals surface area contributed by atoms with Gasteiger partial charge in [-0.3, -0.25) is 19.2 Å². The summed E-state index contributed by atoms with van der Waals surface area (Å²) in [6, 6.07) is 4.02. The molecule has 13 nitrogen and oxygen atoms in total. The molecule has 1 fully saturated rings. The summed E-state index contributed by atoms with van der Waals surface area (Å²) in [5.74, 6) is -3.21. The monoisotopic (exact) mass is 500 g/mol. The fraction of sp³-hybridized carbons (Fsp3) is 0.545. The number of rotatable bonds is 9. The van der Waals surface area contributed by atoms with E-state index in [1.807, 2.05) is 0 Å². The molecule has 5 atom stereocenters. The predicted molar refractivity (Wildman–Crippen MR) is 112 cm³/mol. The average Bonchev–Trinajstić information content (AvgIpc) is 2.75. The Morgan fingerprint density at radius 1 is 0.886 bits per heavy atom. The van der Waals surface area contributed by atoms with Gasteiger partial charge in [0.2, 0.25) is 12.4 Å². The zero-order chi connectivity index (χ0) is 26.3. The molecule has 1 aliphatic rings. The summed E-state index contributed by atoms with van der Waals surface area (Å²) in [7, 11) is 0. The molecule has 1 aromatic rings. The summed E-state index contributed by atoms with van der Waals surface area (Å²) in [6.45, 7) is 3.55. The van der Waals surface area contributed by atoms with Crippen LogP contribution < -0.4 is 4.74 Å². The fourth-order valence-corrected chi connectivity index (χ4v) is 3.41. The first-order valence-electron chi connectivity index (χ1n) is 10.5. The fourth-order valence-electron chi connectivity index (χ4n) is 3.41. The van der Waals surface area contributed by atoms with Gasteiger partial charge in [-0.1, -0.05) is 6.07 Å². The second kappa shape index (κ2) is 12.4. The van der Waals surface area contributed by atoms with E-state index in [1.165, 1.54) is 18.2 Å². The first kappa shape index (κ1) is 28.0. The van der Waals surface area contributed by atoms with E-state index in [4.69, 9.17) is 28.4 Å². The van der Waals surface area contributed by atoms with Crippen LogP contribution in [-0.4, -0.2) is 76.5 Å². The SMILES string of the molecule is CC(=O)OC[C@H]1O[C@@H](Oc2ccc(CO)cc2C(O)O)[C@H](OC(C)=O)[C@@H](OC(C)=O)C1OC(C)=O. The van der Waals surface area contributed by atoms with E-state index in [0.717, 1.165) is 27.7 Å². The Kier molecular flexibility index (Phi) is 9.95. The maximum absolute atomic E-state index is 11.9. The molecule has 1 saturated heterocycles. The Labute approximate surface area is 200 Å². The number of carbonyl (C=O) groups excluding carboxylic acids is 4. The third-order valence-electron chi connectivity index (χ3n) is 4.73. The Balaban J connectivity index is 2.54. The third kappa shape index (κ3) is 7.89. The van der Waals surface area contributed by atoms with Crippen molar-refractivity contribution in [2.24, 2.45) is 0 Å². The second-order valence-corrected chi connectivity index (χ2v) is 7.59. The first-order chi connectivity index (χ1) is 16.4. The zero-order valence-electron chi connectivity index (χ0n) is 19.5. The van der Waals surface area contributed by atoms with Gasteiger partial charge in [0.15, 0.2) is 18.5 Å². The van der Waals surface area contributed by atoms with Crippen LogP contribution in [0.4, 0.5) is 0 Å². The minimum Gasteiger partial charge on any atom is -0.463 e. The van der Waals surface area contributed by atoms with Crippen LogP contribution in [0.5, 0.6) is 5.75 Å². The van der Waals surface area contributed by atoms with Crippen molar-refractivity contribution in [2.75, 3.05) is 6.61 Å². The highest BCUT2D eigenvalue weighted by Crippen LogP contribution is 2.33. The molecule has 0 bridgehead atoms. The molecule has 0 saturated carbocycles. The summed E-state index contributed by atoms with van der Waals surface area (Å²) in [5, 5.41) is 28.9. The van der Waals surface area contributed by atoms with Gasteiger partial charge in [-0.25, -0.2) is 0 Å². The molecule has 1 unspecified atom stereocenters. The van der Waals surface area contributed by atoms with E-state index >= 15 is 0 Å². The second-order valence-electron chi connectivity index (χ2n) is 7.59. The molecule has 3 N–H and O–H groups in total. The van der Waals surface area contributed by atoms with Crippen LogP contribution in [0.3, 0.4) is 0 Å². The van der Waals surface area contributed by atoms with Crippen molar-refractivity contribution in [1.29, 1.82) is 0 Å². The Morgan fingerprint density at radius 3 is 1.97 bits per heavy atom. The van der Waals surface area contributed by atoms with Crippen molar-refractivity contribution in [3.63, 3.8) is 0 Å². The molecule has 13 heteroatoms. The molecule has 35 heavy (non-hydrogen) atoms. The molecular weight excluding hydrogens is 472 g/mol. The van der Waals surface area contributed by atoms with E-state index in [9.17, 15) is 34.5 Å². The van der Waals surface area contributed by atoms with Crippen LogP contribution in [-0.2, 0) is 49.5 Å². The zero-order valence-corrected chi connectivity index (χ0v) is 19.5. The van der Waals surface area contributed by atoms with Crippen LogP contribution in [0.1, 0.15) is 45.1 Å². The summed E-state index contributed by atoms with van der Waals surface area (Å²) in [4.78, 5) is 46.9. The Bertz CT molecular complexity index is 928. The van der Waals surface area contributed by atoms with Crippen molar-refractivity contribution < 1.29 is 62.9 Å². The summed E-state index contributed by atoms with van der Waals surface area (Å²) in [6.07, 6.45) is -9.09. The summed E-state index contributed by atoms with van der Waals surface area (Å²) >= 11 is 0. The van der Waals surface area contributed by atoms with Gasteiger partial charge in [-0.2, -0.15) is 0 Å². The minimum atomic E-state index is -2.01. The lowest BCUT2D eigenvalue weighted by Crippen LogP contribution is -2.63. The molecular formula is C22H28O13. The lowest BCUT2D eigenvalue weighted by Gasteiger charge is -2.44. The van der Waals surface area contributed by atoms with Crippen LogP contribution in [0.2, 0.25) is 0 Å². The third-order valence-corrected chi connectivity index (χ3v) is 4.73. The molecule has 1 aliphatic heterocycles. The summed E-state index contributed by atoms with van der Waals surface area (Å²) in [5.41, 5.74) is 0.200. The van der Waals surface area contributed by atoms with Crippen molar-refractivity contribution in [3.8, 4) is 5.75 Å². The van der Waals surface area contributed by atoms with Crippen LogP contribution in [0.15, 0.2) is 18.2 Å². The number of hydrogen-bond donors (Lipinski definition) is 3. The maximum Gasteiger partial charge on any atom is 0.303 e. The molecule has 2 rings (SSSR count). The largest absolute Gasteiger partial charge is 0.463 e. The first-order valence-corrected chi connectivity index (χ1v) is 10.5. The number of esters is 4. The lowest BCUT2D eigenvalue weighted by molar-refractivity contribution is -0.288. The maximum atomic E-state index is 11.9. The number of carbonyl (C=O) groups is 4. The smallest absolute Gasteiger partial charge is 0.303 e.